The second kappa shape index (κ2) is 5.33. The van der Waals surface area contributed by atoms with E-state index in [2.05, 4.69) is 0 Å². The van der Waals surface area contributed by atoms with Crippen LogP contribution in [0, 0.1) is 5.92 Å². The van der Waals surface area contributed by atoms with Gasteiger partial charge in [-0.25, -0.2) is 0 Å². The molecule has 1 unspecified atom stereocenters. The Bertz CT molecular complexity index is 331. The zero-order valence-electron chi connectivity index (χ0n) is 9.53. The molecule has 16 heavy (non-hydrogen) atoms. The average Bonchev–Trinajstić information content (AvgIpc) is 2.34. The highest BCUT2D eigenvalue weighted by Gasteiger charge is 2.26. The van der Waals surface area contributed by atoms with Crippen molar-refractivity contribution >= 4 is 0 Å². The highest BCUT2D eigenvalue weighted by Crippen LogP contribution is 2.39. The maximum absolute atomic E-state index is 13.2. The van der Waals surface area contributed by atoms with Gasteiger partial charge in [0, 0.05) is 5.92 Å². The predicted octanol–water partition coefficient (Wildman–Crippen LogP) is 4.03. The summed E-state index contributed by atoms with van der Waals surface area (Å²) in [6.07, 6.45) is 5.88. The Morgan fingerprint density at radius 3 is 2.50 bits per heavy atom. The Balaban J connectivity index is 2.18. The molecule has 1 aliphatic carbocycles. The third-order valence-corrected chi connectivity index (χ3v) is 3.72. The second-order valence-electron chi connectivity index (χ2n) is 4.72. The van der Waals surface area contributed by atoms with E-state index in [-0.39, 0.29) is 18.3 Å². The molecule has 88 valence electrons. The molecule has 1 aromatic carbocycles. The van der Waals surface area contributed by atoms with Crippen LogP contribution in [0.3, 0.4) is 0 Å². The molecule has 0 bridgehead atoms. The van der Waals surface area contributed by atoms with Crippen molar-refractivity contribution in [1.29, 1.82) is 0 Å². The monoisotopic (exact) mass is 222 g/mol. The van der Waals surface area contributed by atoms with E-state index in [1.54, 1.807) is 12.1 Å². The molecule has 0 aromatic heterocycles. The van der Waals surface area contributed by atoms with Crippen molar-refractivity contribution in [2.24, 2.45) is 5.92 Å². The molecule has 2 rings (SSSR count). The second-order valence-corrected chi connectivity index (χ2v) is 4.72. The van der Waals surface area contributed by atoms with Gasteiger partial charge in [0.2, 0.25) is 0 Å². The molecule has 0 saturated heterocycles. The van der Waals surface area contributed by atoms with Crippen molar-refractivity contribution in [3.05, 3.63) is 29.8 Å². The molecule has 0 amide bonds. The molecule has 1 saturated carbocycles. The van der Waals surface area contributed by atoms with Crippen LogP contribution in [0.4, 0.5) is 4.39 Å². The van der Waals surface area contributed by atoms with Gasteiger partial charge < -0.3 is 5.11 Å². The number of rotatable bonds is 3. The molecule has 2 heteroatoms. The summed E-state index contributed by atoms with van der Waals surface area (Å²) in [7, 11) is 0. The fourth-order valence-electron chi connectivity index (χ4n) is 2.80. The van der Waals surface area contributed by atoms with Crippen LogP contribution in [0.2, 0.25) is 0 Å². The Morgan fingerprint density at radius 2 is 1.88 bits per heavy atom. The lowest BCUT2D eigenvalue weighted by Gasteiger charge is -2.29. The van der Waals surface area contributed by atoms with Gasteiger partial charge >= 0.3 is 0 Å². The van der Waals surface area contributed by atoms with E-state index in [9.17, 15) is 9.50 Å². The minimum atomic E-state index is -0.359. The zero-order valence-corrected chi connectivity index (χ0v) is 9.53. The van der Waals surface area contributed by atoms with Gasteiger partial charge in [0.05, 0.1) is 6.67 Å². The van der Waals surface area contributed by atoms with Gasteiger partial charge in [-0.3, -0.25) is 4.39 Å². The molecular weight excluding hydrogens is 203 g/mol. The van der Waals surface area contributed by atoms with Crippen LogP contribution in [0.5, 0.6) is 5.75 Å². The van der Waals surface area contributed by atoms with Crippen LogP contribution in [0.15, 0.2) is 24.3 Å². The number of hydrogen-bond donors (Lipinski definition) is 1. The van der Waals surface area contributed by atoms with E-state index in [4.69, 9.17) is 0 Å². The number of hydrogen-bond acceptors (Lipinski definition) is 1. The maximum atomic E-state index is 13.2. The van der Waals surface area contributed by atoms with Crippen LogP contribution in [0.25, 0.3) is 0 Å². The Morgan fingerprint density at radius 1 is 1.19 bits per heavy atom. The molecule has 0 heterocycles. The Hall–Kier alpha value is -1.05. The lowest BCUT2D eigenvalue weighted by molar-refractivity contribution is 0.259. The van der Waals surface area contributed by atoms with E-state index in [1.807, 2.05) is 12.1 Å². The fraction of sp³-hybridized carbons (Fsp3) is 0.571. The summed E-state index contributed by atoms with van der Waals surface area (Å²) in [5.74, 6) is 0.546. The maximum Gasteiger partial charge on any atom is 0.119 e. The van der Waals surface area contributed by atoms with Gasteiger partial charge in [0.25, 0.3) is 0 Å². The number of phenols is 1. The molecule has 1 nitrogen and oxygen atoms in total. The highest BCUT2D eigenvalue weighted by atomic mass is 19.1. The predicted molar refractivity (Wildman–Crippen MR) is 63.4 cm³/mol. The summed E-state index contributed by atoms with van der Waals surface area (Å²) in [5, 5.41) is 9.78. The van der Waals surface area contributed by atoms with E-state index >= 15 is 0 Å². The first-order valence-corrected chi connectivity index (χ1v) is 6.16. The van der Waals surface area contributed by atoms with Crippen LogP contribution >= 0.6 is 0 Å². The van der Waals surface area contributed by atoms with Crippen LogP contribution < -0.4 is 0 Å². The van der Waals surface area contributed by atoms with Gasteiger partial charge in [-0.15, -0.1) is 0 Å². The van der Waals surface area contributed by atoms with E-state index in [0.717, 1.165) is 18.4 Å². The zero-order chi connectivity index (χ0) is 11.4. The fourth-order valence-corrected chi connectivity index (χ4v) is 2.80. The Labute approximate surface area is 96.3 Å². The third kappa shape index (κ3) is 2.37. The molecule has 1 N–H and O–H groups in total. The van der Waals surface area contributed by atoms with Crippen LogP contribution in [-0.4, -0.2) is 11.8 Å². The van der Waals surface area contributed by atoms with Gasteiger partial charge in [0.15, 0.2) is 0 Å². The lowest BCUT2D eigenvalue weighted by atomic mass is 9.77. The smallest absolute Gasteiger partial charge is 0.119 e. The summed E-state index contributed by atoms with van der Waals surface area (Å²) >= 11 is 0. The molecule has 1 atom stereocenters. The number of alkyl halides is 1. The summed E-state index contributed by atoms with van der Waals surface area (Å²) in [6, 6.07) is 7.17. The summed E-state index contributed by atoms with van der Waals surface area (Å²) in [6.45, 7) is -0.359. The van der Waals surface area contributed by atoms with Crippen molar-refractivity contribution in [2.45, 2.75) is 38.0 Å². The normalized spacial score (nSPS) is 19.6. The van der Waals surface area contributed by atoms with Crippen molar-refractivity contribution < 1.29 is 9.50 Å². The first-order chi connectivity index (χ1) is 7.83. The van der Waals surface area contributed by atoms with Gasteiger partial charge in [-0.1, -0.05) is 37.5 Å². The first kappa shape index (κ1) is 11.4. The standard InChI is InChI=1S/C14H19FO/c15-10-13(11-6-2-1-3-7-11)12-8-4-5-9-14(12)16/h4-5,8-9,11,13,16H,1-3,6-7,10H2. The minimum Gasteiger partial charge on any atom is -0.508 e. The SMILES string of the molecule is Oc1ccccc1C(CF)C1CCCCC1. The molecule has 0 aliphatic heterocycles. The van der Waals surface area contributed by atoms with Gasteiger partial charge in [0.1, 0.15) is 5.75 Å². The lowest BCUT2D eigenvalue weighted by Crippen LogP contribution is -2.18. The largest absolute Gasteiger partial charge is 0.508 e. The number of benzene rings is 1. The van der Waals surface area contributed by atoms with E-state index in [1.165, 1.54) is 19.3 Å². The van der Waals surface area contributed by atoms with E-state index < -0.39 is 0 Å². The Kier molecular flexibility index (Phi) is 3.81. The minimum absolute atomic E-state index is 0.110. The number of aromatic hydroxyl groups is 1. The van der Waals surface area contributed by atoms with Crippen molar-refractivity contribution in [1.82, 2.24) is 0 Å². The summed E-state index contributed by atoms with van der Waals surface area (Å²) < 4.78 is 13.2. The topological polar surface area (TPSA) is 20.2 Å². The molecule has 1 fully saturated rings. The molecule has 1 aliphatic rings. The van der Waals surface area contributed by atoms with E-state index in [0.29, 0.717) is 5.92 Å². The third-order valence-electron chi connectivity index (χ3n) is 3.72. The molecular formula is C14H19FO. The van der Waals surface area contributed by atoms with Crippen LogP contribution in [-0.2, 0) is 0 Å². The average molecular weight is 222 g/mol. The van der Waals surface area contributed by atoms with Crippen molar-refractivity contribution in [3.8, 4) is 5.75 Å². The van der Waals surface area contributed by atoms with Crippen LogP contribution in [0.1, 0.15) is 43.6 Å². The van der Waals surface area contributed by atoms with Crippen molar-refractivity contribution in [2.75, 3.05) is 6.67 Å². The van der Waals surface area contributed by atoms with Gasteiger partial charge in [-0.2, -0.15) is 0 Å². The summed E-state index contributed by atoms with van der Waals surface area (Å²) in [5.41, 5.74) is 0.789. The van der Waals surface area contributed by atoms with Crippen molar-refractivity contribution in [3.63, 3.8) is 0 Å². The van der Waals surface area contributed by atoms with Gasteiger partial charge in [-0.05, 0) is 30.4 Å². The molecule has 0 spiro atoms. The first-order valence-electron chi connectivity index (χ1n) is 6.16. The molecule has 1 aromatic rings. The number of phenolic OH excluding ortho intramolecular Hbond substituents is 1. The quantitative estimate of drug-likeness (QED) is 0.818. The highest BCUT2D eigenvalue weighted by molar-refractivity contribution is 5.35. The number of para-hydroxylation sites is 1. The summed E-state index contributed by atoms with van der Waals surface area (Å²) in [4.78, 5) is 0. The number of halogens is 1. The molecule has 0 radical (unpaired) electrons.